The van der Waals surface area contributed by atoms with Crippen molar-refractivity contribution < 1.29 is 13.6 Å². The number of hydrogen-bond donors (Lipinski definition) is 1. The van der Waals surface area contributed by atoms with E-state index in [4.69, 9.17) is 0 Å². The Morgan fingerprint density at radius 1 is 1.03 bits per heavy atom. The van der Waals surface area contributed by atoms with E-state index >= 15 is 8.78 Å². The molecule has 1 aromatic heterocycles. The number of carbonyl (C=O) groups excluding carboxylic acids is 1. The lowest BCUT2D eigenvalue weighted by Crippen LogP contribution is -2.61. The molecule has 1 spiro atoms. The summed E-state index contributed by atoms with van der Waals surface area (Å²) in [7, 11) is 1.83. The van der Waals surface area contributed by atoms with E-state index in [-0.39, 0.29) is 18.0 Å². The lowest BCUT2D eigenvalue weighted by molar-refractivity contribution is -0.125. The van der Waals surface area contributed by atoms with Crippen molar-refractivity contribution in [1.29, 1.82) is 0 Å². The van der Waals surface area contributed by atoms with Gasteiger partial charge >= 0.3 is 0 Å². The van der Waals surface area contributed by atoms with Gasteiger partial charge in [0.05, 0.1) is 12.1 Å². The standard InChI is InChI=1S/C25H20F2N4O/c1-30-11-17-8-15(6-7-22(17)29-30)16-9-20(26)18(21(27)10-16)12-31-23-5-3-2-4-19(23)25(24(31)32)13-28-14-25/h2-11,28H,12-14H2,1H3. The van der Waals surface area contributed by atoms with E-state index in [1.165, 1.54) is 17.0 Å². The normalized spacial score (nSPS) is 16.6. The van der Waals surface area contributed by atoms with E-state index in [0.29, 0.717) is 24.2 Å². The molecule has 0 unspecified atom stereocenters. The number of aryl methyl sites for hydroxylation is 1. The quantitative estimate of drug-likeness (QED) is 0.536. The maximum atomic E-state index is 15.2. The van der Waals surface area contributed by atoms with Crippen molar-refractivity contribution in [1.82, 2.24) is 15.1 Å². The molecule has 7 heteroatoms. The van der Waals surface area contributed by atoms with Gasteiger partial charge in [-0.15, -0.1) is 0 Å². The van der Waals surface area contributed by atoms with Gasteiger partial charge in [0.25, 0.3) is 0 Å². The number of aromatic nitrogens is 2. The van der Waals surface area contributed by atoms with Gasteiger partial charge in [-0.25, -0.2) is 8.78 Å². The van der Waals surface area contributed by atoms with Crippen LogP contribution in [0.25, 0.3) is 22.0 Å². The van der Waals surface area contributed by atoms with Crippen molar-refractivity contribution in [2.75, 3.05) is 18.0 Å². The molecular formula is C25H20F2N4O. The first-order valence-electron chi connectivity index (χ1n) is 10.5. The van der Waals surface area contributed by atoms with E-state index in [2.05, 4.69) is 10.4 Å². The maximum Gasteiger partial charge on any atom is 0.240 e. The third kappa shape index (κ3) is 2.64. The number of amides is 1. The lowest BCUT2D eigenvalue weighted by Gasteiger charge is -2.38. The fourth-order valence-corrected chi connectivity index (χ4v) is 4.88. The number of nitrogens with one attached hydrogen (secondary N) is 1. The highest BCUT2D eigenvalue weighted by Gasteiger charge is 2.54. The van der Waals surface area contributed by atoms with Gasteiger partial charge < -0.3 is 10.2 Å². The average Bonchev–Trinajstić information content (AvgIpc) is 3.23. The average molecular weight is 430 g/mol. The van der Waals surface area contributed by atoms with Crippen LogP contribution in [-0.2, 0) is 23.8 Å². The summed E-state index contributed by atoms with van der Waals surface area (Å²) in [6.45, 7) is 0.942. The van der Waals surface area contributed by atoms with Crippen LogP contribution in [0.2, 0.25) is 0 Å². The monoisotopic (exact) mass is 430 g/mol. The molecule has 1 saturated heterocycles. The number of hydrogen-bond acceptors (Lipinski definition) is 3. The van der Waals surface area contributed by atoms with Gasteiger partial charge in [-0.2, -0.15) is 5.10 Å². The predicted molar refractivity (Wildman–Crippen MR) is 118 cm³/mol. The minimum absolute atomic E-state index is 0.108. The molecule has 2 aliphatic rings. The number of para-hydroxylation sites is 1. The Kier molecular flexibility index (Phi) is 4.01. The molecule has 1 fully saturated rings. The van der Waals surface area contributed by atoms with Crippen LogP contribution >= 0.6 is 0 Å². The molecule has 0 radical (unpaired) electrons. The van der Waals surface area contributed by atoms with Crippen LogP contribution in [0.3, 0.4) is 0 Å². The summed E-state index contributed by atoms with van der Waals surface area (Å²) in [5.41, 5.74) is 2.89. The van der Waals surface area contributed by atoms with Crippen LogP contribution in [0.1, 0.15) is 11.1 Å². The highest BCUT2D eigenvalue weighted by atomic mass is 19.1. The predicted octanol–water partition coefficient (Wildman–Crippen LogP) is 3.91. The minimum atomic E-state index is -0.663. The second-order valence-electron chi connectivity index (χ2n) is 8.59. The number of rotatable bonds is 3. The Bertz CT molecular complexity index is 1380. The van der Waals surface area contributed by atoms with Gasteiger partial charge in [-0.1, -0.05) is 24.3 Å². The molecule has 6 rings (SSSR count). The summed E-state index contributed by atoms with van der Waals surface area (Å²) in [4.78, 5) is 14.8. The fraction of sp³-hybridized carbons (Fsp3) is 0.200. The van der Waals surface area contributed by atoms with Crippen molar-refractivity contribution in [2.45, 2.75) is 12.0 Å². The van der Waals surface area contributed by atoms with E-state index in [1.807, 2.05) is 49.6 Å². The molecule has 1 N–H and O–H groups in total. The van der Waals surface area contributed by atoms with E-state index in [0.717, 1.165) is 22.2 Å². The Morgan fingerprint density at radius 2 is 1.78 bits per heavy atom. The number of fused-ring (bicyclic) bond motifs is 3. The summed E-state index contributed by atoms with van der Waals surface area (Å²) in [6, 6.07) is 15.7. The highest BCUT2D eigenvalue weighted by molar-refractivity contribution is 6.09. The van der Waals surface area contributed by atoms with Gasteiger partial charge in [0, 0.05) is 43.0 Å². The van der Waals surface area contributed by atoms with E-state index in [9.17, 15) is 4.79 Å². The second kappa shape index (κ2) is 6.71. The molecule has 3 aromatic carbocycles. The minimum Gasteiger partial charge on any atom is -0.314 e. The molecule has 2 aliphatic heterocycles. The van der Waals surface area contributed by atoms with Gasteiger partial charge in [0.15, 0.2) is 0 Å². The number of anilines is 1. The lowest BCUT2D eigenvalue weighted by atomic mass is 9.76. The van der Waals surface area contributed by atoms with Crippen LogP contribution < -0.4 is 10.2 Å². The smallest absolute Gasteiger partial charge is 0.240 e. The molecule has 0 atom stereocenters. The van der Waals surface area contributed by atoms with Crippen LogP contribution in [0.5, 0.6) is 0 Å². The summed E-state index contributed by atoms with van der Waals surface area (Å²) in [6.07, 6.45) is 1.86. The molecule has 0 bridgehead atoms. The van der Waals surface area contributed by atoms with Crippen LogP contribution in [0, 0.1) is 11.6 Å². The first-order chi connectivity index (χ1) is 15.5. The topological polar surface area (TPSA) is 50.2 Å². The number of halogens is 2. The molecule has 5 nitrogen and oxygen atoms in total. The van der Waals surface area contributed by atoms with Crippen molar-refractivity contribution in [3.05, 3.63) is 83.6 Å². The van der Waals surface area contributed by atoms with Crippen LogP contribution in [-0.4, -0.2) is 28.8 Å². The first-order valence-corrected chi connectivity index (χ1v) is 10.5. The van der Waals surface area contributed by atoms with Gasteiger partial charge in [-0.05, 0) is 47.0 Å². The van der Waals surface area contributed by atoms with Crippen LogP contribution in [0.15, 0.2) is 60.8 Å². The number of nitrogens with zero attached hydrogens (tertiary/aromatic N) is 3. The molecule has 1 amide bonds. The zero-order valence-corrected chi connectivity index (χ0v) is 17.4. The van der Waals surface area contributed by atoms with Gasteiger partial charge in [-0.3, -0.25) is 9.48 Å². The van der Waals surface area contributed by atoms with Crippen molar-refractivity contribution in [3.63, 3.8) is 0 Å². The SMILES string of the molecule is Cn1cc2cc(-c3cc(F)c(CN4C(=O)C5(CNC5)c5ccccc54)c(F)c3)ccc2n1. The second-order valence-corrected chi connectivity index (χ2v) is 8.59. The maximum absolute atomic E-state index is 15.2. The first kappa shape index (κ1) is 19.1. The molecule has 32 heavy (non-hydrogen) atoms. The third-order valence-corrected chi connectivity index (χ3v) is 6.63. The summed E-state index contributed by atoms with van der Waals surface area (Å²) in [5, 5.41) is 8.39. The molecular weight excluding hydrogens is 410 g/mol. The zero-order chi connectivity index (χ0) is 22.0. The van der Waals surface area contributed by atoms with Gasteiger partial charge in [0.1, 0.15) is 17.0 Å². The molecule has 0 aliphatic carbocycles. The van der Waals surface area contributed by atoms with E-state index < -0.39 is 17.0 Å². The van der Waals surface area contributed by atoms with Crippen molar-refractivity contribution >= 4 is 22.5 Å². The fourth-order valence-electron chi connectivity index (χ4n) is 4.88. The number of carbonyl (C=O) groups is 1. The molecule has 160 valence electrons. The summed E-state index contributed by atoms with van der Waals surface area (Å²) in [5.74, 6) is -1.43. The summed E-state index contributed by atoms with van der Waals surface area (Å²) >= 11 is 0. The third-order valence-electron chi connectivity index (χ3n) is 6.63. The molecule has 4 aromatic rings. The van der Waals surface area contributed by atoms with Crippen molar-refractivity contribution in [2.24, 2.45) is 7.05 Å². The van der Waals surface area contributed by atoms with Crippen molar-refractivity contribution in [3.8, 4) is 11.1 Å². The molecule has 0 saturated carbocycles. The Morgan fingerprint density at radius 3 is 2.50 bits per heavy atom. The Labute approximate surface area is 183 Å². The van der Waals surface area contributed by atoms with Crippen LogP contribution in [0.4, 0.5) is 14.5 Å². The Hall–Kier alpha value is -3.58. The molecule has 3 heterocycles. The summed E-state index contributed by atoms with van der Waals surface area (Å²) < 4.78 is 32.0. The number of benzene rings is 3. The van der Waals surface area contributed by atoms with Gasteiger partial charge in [0.2, 0.25) is 5.91 Å². The zero-order valence-electron chi connectivity index (χ0n) is 17.4. The highest BCUT2D eigenvalue weighted by Crippen LogP contribution is 2.45. The van der Waals surface area contributed by atoms with E-state index in [1.54, 1.807) is 10.7 Å². The largest absolute Gasteiger partial charge is 0.314 e. The Balaban J connectivity index is 1.37.